The number of anilines is 1. The fraction of sp³-hybridized carbons (Fsp3) is 0.125. The molecule has 6 heteroatoms. The van der Waals surface area contributed by atoms with Gasteiger partial charge in [0.2, 0.25) is 0 Å². The molecule has 1 N–H and O–H groups in total. The molecule has 4 rings (SSSR count). The van der Waals surface area contributed by atoms with Gasteiger partial charge in [-0.05, 0) is 56.1 Å². The van der Waals surface area contributed by atoms with Crippen molar-refractivity contribution in [1.82, 2.24) is 14.9 Å². The number of aromatic nitrogens is 2. The number of carbonyl (C=O) groups excluding carboxylic acids is 1. The molecule has 5 nitrogen and oxygen atoms in total. The van der Waals surface area contributed by atoms with Crippen molar-refractivity contribution >= 4 is 34.1 Å². The van der Waals surface area contributed by atoms with Gasteiger partial charge in [0.15, 0.2) is 0 Å². The van der Waals surface area contributed by atoms with Crippen LogP contribution in [0.3, 0.4) is 0 Å². The van der Waals surface area contributed by atoms with Crippen molar-refractivity contribution in [3.8, 4) is 11.3 Å². The maximum atomic E-state index is 12.6. The first-order chi connectivity index (χ1) is 14.5. The summed E-state index contributed by atoms with van der Waals surface area (Å²) in [5.41, 5.74) is 4.96. The Bertz CT molecular complexity index is 1190. The molecule has 0 fully saturated rings. The maximum Gasteiger partial charge on any atom is 0.257 e. The van der Waals surface area contributed by atoms with Gasteiger partial charge in [0.1, 0.15) is 0 Å². The Hall–Kier alpha value is -3.28. The third kappa shape index (κ3) is 4.64. The molecule has 0 aliphatic heterocycles. The molecule has 0 spiro atoms. The smallest absolute Gasteiger partial charge is 0.257 e. The average molecular weight is 417 g/mol. The molecule has 1 amide bonds. The summed E-state index contributed by atoms with van der Waals surface area (Å²) in [7, 11) is 4.07. The minimum absolute atomic E-state index is 0.226. The van der Waals surface area contributed by atoms with E-state index in [1.165, 1.54) is 5.56 Å². The summed E-state index contributed by atoms with van der Waals surface area (Å²) >= 11 is 5.93. The van der Waals surface area contributed by atoms with Gasteiger partial charge in [-0.1, -0.05) is 35.9 Å². The van der Waals surface area contributed by atoms with Crippen molar-refractivity contribution < 1.29 is 4.79 Å². The fourth-order valence-electron chi connectivity index (χ4n) is 3.22. The largest absolute Gasteiger partial charge is 0.321 e. The predicted molar refractivity (Wildman–Crippen MR) is 122 cm³/mol. The Balaban J connectivity index is 1.49. The third-order valence-corrected chi connectivity index (χ3v) is 4.92. The van der Waals surface area contributed by atoms with Gasteiger partial charge in [-0.25, -0.2) is 0 Å². The lowest BCUT2D eigenvalue weighted by Crippen LogP contribution is -2.12. The molecule has 0 aliphatic rings. The van der Waals surface area contributed by atoms with E-state index in [9.17, 15) is 4.79 Å². The lowest BCUT2D eigenvalue weighted by atomic mass is 10.1. The van der Waals surface area contributed by atoms with Crippen LogP contribution in [0.5, 0.6) is 0 Å². The summed E-state index contributed by atoms with van der Waals surface area (Å²) in [4.78, 5) is 23.6. The summed E-state index contributed by atoms with van der Waals surface area (Å²) in [6, 6.07) is 19.1. The zero-order valence-electron chi connectivity index (χ0n) is 16.8. The van der Waals surface area contributed by atoms with Gasteiger partial charge in [0.25, 0.3) is 5.91 Å². The molecule has 0 aliphatic carbocycles. The van der Waals surface area contributed by atoms with Crippen molar-refractivity contribution in [3.05, 3.63) is 89.2 Å². The number of nitrogens with zero attached hydrogens (tertiary/aromatic N) is 3. The first kappa shape index (κ1) is 20.0. The highest BCUT2D eigenvalue weighted by molar-refractivity contribution is 6.30. The van der Waals surface area contributed by atoms with E-state index in [2.05, 4.69) is 32.3 Å². The van der Waals surface area contributed by atoms with Gasteiger partial charge in [0, 0.05) is 28.7 Å². The zero-order valence-corrected chi connectivity index (χ0v) is 17.5. The standard InChI is InChI=1S/C24H21ClN4O/c1-29(2)15-16-3-4-18-12-21(14-27-23(18)11-16)28-24(30)19-7-10-22(26-13-19)17-5-8-20(25)9-6-17/h3-14H,15H2,1-2H3,(H,28,30). The van der Waals surface area contributed by atoms with Gasteiger partial charge in [-0.2, -0.15) is 0 Å². The van der Waals surface area contributed by atoms with Crippen LogP contribution in [0, 0.1) is 0 Å². The molecule has 30 heavy (non-hydrogen) atoms. The van der Waals surface area contributed by atoms with E-state index in [1.807, 2.05) is 56.6 Å². The van der Waals surface area contributed by atoms with E-state index in [0.717, 1.165) is 28.7 Å². The molecule has 2 aromatic carbocycles. The van der Waals surface area contributed by atoms with Crippen molar-refractivity contribution in [2.75, 3.05) is 19.4 Å². The van der Waals surface area contributed by atoms with Gasteiger partial charge < -0.3 is 10.2 Å². The molecule has 0 saturated heterocycles. The van der Waals surface area contributed by atoms with Gasteiger partial charge in [-0.15, -0.1) is 0 Å². The number of nitrogens with one attached hydrogen (secondary N) is 1. The number of carbonyl (C=O) groups is 1. The first-order valence-corrected chi connectivity index (χ1v) is 9.92. The van der Waals surface area contributed by atoms with Crippen LogP contribution in [0.2, 0.25) is 5.02 Å². The van der Waals surface area contributed by atoms with Crippen LogP contribution in [0.4, 0.5) is 5.69 Å². The Labute approximate surface area is 180 Å². The number of pyridine rings is 2. The second kappa shape index (κ2) is 8.61. The van der Waals surface area contributed by atoms with E-state index >= 15 is 0 Å². The molecule has 4 aromatic rings. The van der Waals surface area contributed by atoms with Crippen molar-refractivity contribution in [1.29, 1.82) is 0 Å². The first-order valence-electron chi connectivity index (χ1n) is 9.55. The number of amides is 1. The van der Waals surface area contributed by atoms with Crippen molar-refractivity contribution in [3.63, 3.8) is 0 Å². The minimum Gasteiger partial charge on any atom is -0.321 e. The molecule has 0 atom stereocenters. The molecule has 0 unspecified atom stereocenters. The summed E-state index contributed by atoms with van der Waals surface area (Å²) in [6.07, 6.45) is 3.25. The highest BCUT2D eigenvalue weighted by Gasteiger charge is 2.09. The van der Waals surface area contributed by atoms with Gasteiger partial charge >= 0.3 is 0 Å². The van der Waals surface area contributed by atoms with Crippen molar-refractivity contribution in [2.45, 2.75) is 6.54 Å². The summed E-state index contributed by atoms with van der Waals surface area (Å²) < 4.78 is 0. The van der Waals surface area contributed by atoms with Gasteiger partial charge in [0.05, 0.1) is 28.7 Å². The van der Waals surface area contributed by atoms with Crippen LogP contribution in [-0.2, 0) is 6.54 Å². The molecular weight excluding hydrogens is 396 g/mol. The van der Waals surface area contributed by atoms with Crippen molar-refractivity contribution in [2.24, 2.45) is 0 Å². The SMILES string of the molecule is CN(C)Cc1ccc2cc(NC(=O)c3ccc(-c4ccc(Cl)cc4)nc3)cnc2c1. The monoisotopic (exact) mass is 416 g/mol. The van der Waals surface area contributed by atoms with Crippen LogP contribution in [0.15, 0.2) is 73.1 Å². The van der Waals surface area contributed by atoms with E-state index in [4.69, 9.17) is 11.6 Å². The summed E-state index contributed by atoms with van der Waals surface area (Å²) in [5, 5.41) is 4.55. The molecule has 2 aromatic heterocycles. The van der Waals surface area contributed by atoms with Crippen LogP contribution < -0.4 is 5.32 Å². The van der Waals surface area contributed by atoms with Crippen LogP contribution in [-0.4, -0.2) is 34.9 Å². The Kier molecular flexibility index (Phi) is 5.74. The molecular formula is C24H21ClN4O. The second-order valence-electron chi connectivity index (χ2n) is 7.38. The second-order valence-corrected chi connectivity index (χ2v) is 7.82. The molecule has 150 valence electrons. The van der Waals surface area contributed by atoms with Crippen LogP contribution in [0.1, 0.15) is 15.9 Å². The topological polar surface area (TPSA) is 58.1 Å². The lowest BCUT2D eigenvalue weighted by molar-refractivity contribution is 0.102. The quantitative estimate of drug-likeness (QED) is 0.481. The Morgan fingerprint density at radius 2 is 1.77 bits per heavy atom. The number of benzene rings is 2. The summed E-state index contributed by atoms with van der Waals surface area (Å²) in [5.74, 6) is -0.226. The molecule has 0 radical (unpaired) electrons. The molecule has 0 bridgehead atoms. The highest BCUT2D eigenvalue weighted by Crippen LogP contribution is 2.21. The average Bonchev–Trinajstić information content (AvgIpc) is 2.74. The lowest BCUT2D eigenvalue weighted by Gasteiger charge is -2.11. The predicted octanol–water partition coefficient (Wildman–Crippen LogP) is 5.26. The van der Waals surface area contributed by atoms with Gasteiger partial charge in [-0.3, -0.25) is 14.8 Å². The number of hydrogen-bond acceptors (Lipinski definition) is 4. The van der Waals surface area contributed by atoms with E-state index in [0.29, 0.717) is 16.3 Å². The Morgan fingerprint density at radius 1 is 0.967 bits per heavy atom. The number of fused-ring (bicyclic) bond motifs is 1. The van der Waals surface area contributed by atoms with Crippen LogP contribution >= 0.6 is 11.6 Å². The normalized spacial score (nSPS) is 11.1. The minimum atomic E-state index is -0.226. The number of halogens is 1. The third-order valence-electron chi connectivity index (χ3n) is 4.67. The van der Waals surface area contributed by atoms with E-state index in [-0.39, 0.29) is 5.91 Å². The Morgan fingerprint density at radius 3 is 2.47 bits per heavy atom. The number of hydrogen-bond donors (Lipinski definition) is 1. The summed E-state index contributed by atoms with van der Waals surface area (Å²) in [6.45, 7) is 0.856. The maximum absolute atomic E-state index is 12.6. The molecule has 0 saturated carbocycles. The zero-order chi connectivity index (χ0) is 21.1. The molecule has 2 heterocycles. The van der Waals surface area contributed by atoms with E-state index < -0.39 is 0 Å². The van der Waals surface area contributed by atoms with E-state index in [1.54, 1.807) is 18.5 Å². The fourth-order valence-corrected chi connectivity index (χ4v) is 3.35. The number of rotatable bonds is 5. The highest BCUT2D eigenvalue weighted by atomic mass is 35.5. The van der Waals surface area contributed by atoms with Crippen LogP contribution in [0.25, 0.3) is 22.2 Å².